The molecule has 0 aliphatic carbocycles. The second-order valence-corrected chi connectivity index (χ2v) is 5.22. The predicted molar refractivity (Wildman–Crippen MR) is 78.5 cm³/mol. The molecular weight excluding hydrogens is 262 g/mol. The number of hydrogen-bond donors (Lipinski definition) is 1. The Kier molecular flexibility index (Phi) is 5.56. The van der Waals surface area contributed by atoms with Gasteiger partial charge in [0, 0.05) is 6.54 Å². The highest BCUT2D eigenvalue weighted by atomic mass is 35.5. The molecule has 0 aliphatic rings. The van der Waals surface area contributed by atoms with Crippen molar-refractivity contribution in [2.24, 2.45) is 5.73 Å². The summed E-state index contributed by atoms with van der Waals surface area (Å²) in [6.45, 7) is 8.59. The number of nitrogens with zero attached hydrogens (tertiary/aromatic N) is 2. The number of aryl methyl sites for hydroxylation is 2. The molecule has 0 aromatic carbocycles. The summed E-state index contributed by atoms with van der Waals surface area (Å²) < 4.78 is 1.81. The second kappa shape index (κ2) is 6.53. The normalized spacial score (nSPS) is 11.9. The molecule has 0 bridgehead atoms. The SMILES string of the molecule is CCc1nn(CC)c(CC(=O)C(N)(CC)CC)c1Cl. The van der Waals surface area contributed by atoms with Crippen LogP contribution < -0.4 is 5.73 Å². The first-order chi connectivity index (χ1) is 8.93. The van der Waals surface area contributed by atoms with Crippen LogP contribution in [0.5, 0.6) is 0 Å². The van der Waals surface area contributed by atoms with Gasteiger partial charge >= 0.3 is 0 Å². The van der Waals surface area contributed by atoms with Crippen LogP contribution in [0.2, 0.25) is 5.02 Å². The van der Waals surface area contributed by atoms with Crippen LogP contribution in [0, 0.1) is 0 Å². The first-order valence-corrected chi connectivity index (χ1v) is 7.37. The quantitative estimate of drug-likeness (QED) is 0.838. The van der Waals surface area contributed by atoms with E-state index < -0.39 is 5.54 Å². The fourth-order valence-corrected chi connectivity index (χ4v) is 2.49. The molecule has 0 aliphatic heterocycles. The summed E-state index contributed by atoms with van der Waals surface area (Å²) in [7, 11) is 0. The Morgan fingerprint density at radius 2 is 1.89 bits per heavy atom. The molecule has 19 heavy (non-hydrogen) atoms. The first kappa shape index (κ1) is 16.2. The molecule has 108 valence electrons. The van der Waals surface area contributed by atoms with Gasteiger partial charge in [-0.1, -0.05) is 32.4 Å². The van der Waals surface area contributed by atoms with E-state index in [4.69, 9.17) is 17.3 Å². The summed E-state index contributed by atoms with van der Waals surface area (Å²) in [5, 5.41) is 5.04. The van der Waals surface area contributed by atoms with Gasteiger partial charge in [0.25, 0.3) is 0 Å². The summed E-state index contributed by atoms with van der Waals surface area (Å²) in [5.41, 5.74) is 7.04. The smallest absolute Gasteiger partial charge is 0.158 e. The molecule has 4 nitrogen and oxygen atoms in total. The molecule has 0 saturated carbocycles. The van der Waals surface area contributed by atoms with Crippen LogP contribution in [0.3, 0.4) is 0 Å². The summed E-state index contributed by atoms with van der Waals surface area (Å²) >= 11 is 6.31. The number of aromatic nitrogens is 2. The number of carbonyl (C=O) groups excluding carboxylic acids is 1. The van der Waals surface area contributed by atoms with Gasteiger partial charge in [-0.15, -0.1) is 0 Å². The Morgan fingerprint density at radius 1 is 1.32 bits per heavy atom. The summed E-state index contributed by atoms with van der Waals surface area (Å²) in [6.07, 6.45) is 2.31. The van der Waals surface area contributed by atoms with Gasteiger partial charge in [0.15, 0.2) is 5.78 Å². The van der Waals surface area contributed by atoms with Gasteiger partial charge in [-0.25, -0.2) is 0 Å². The average molecular weight is 286 g/mol. The largest absolute Gasteiger partial charge is 0.319 e. The lowest BCUT2D eigenvalue weighted by atomic mass is 9.87. The minimum Gasteiger partial charge on any atom is -0.319 e. The van der Waals surface area contributed by atoms with Gasteiger partial charge in [-0.3, -0.25) is 9.48 Å². The van der Waals surface area contributed by atoms with Crippen LogP contribution in [0.15, 0.2) is 0 Å². The fraction of sp³-hybridized carbons (Fsp3) is 0.714. The third kappa shape index (κ3) is 3.18. The van der Waals surface area contributed by atoms with Crippen LogP contribution in [-0.2, 0) is 24.2 Å². The van der Waals surface area contributed by atoms with Crippen molar-refractivity contribution in [2.75, 3.05) is 0 Å². The Morgan fingerprint density at radius 3 is 2.32 bits per heavy atom. The van der Waals surface area contributed by atoms with Crippen molar-refractivity contribution in [3.05, 3.63) is 16.4 Å². The highest BCUT2D eigenvalue weighted by Gasteiger charge is 2.31. The zero-order valence-electron chi connectivity index (χ0n) is 12.3. The maximum atomic E-state index is 12.4. The van der Waals surface area contributed by atoms with E-state index in [1.54, 1.807) is 0 Å². The van der Waals surface area contributed by atoms with Crippen molar-refractivity contribution in [3.63, 3.8) is 0 Å². The van der Waals surface area contributed by atoms with E-state index in [1.165, 1.54) is 0 Å². The maximum absolute atomic E-state index is 12.4. The zero-order chi connectivity index (χ0) is 14.6. The third-order valence-corrected chi connectivity index (χ3v) is 4.28. The molecular formula is C14H24ClN3O. The van der Waals surface area contributed by atoms with Gasteiger partial charge in [-0.05, 0) is 26.2 Å². The lowest BCUT2D eigenvalue weighted by molar-refractivity contribution is -0.123. The number of Topliss-reactive ketones (excluding diaryl/α,β-unsaturated/α-hetero) is 1. The highest BCUT2D eigenvalue weighted by molar-refractivity contribution is 6.32. The summed E-state index contributed by atoms with van der Waals surface area (Å²) in [5.74, 6) is 0.0386. The Hall–Kier alpha value is -0.870. The average Bonchev–Trinajstić information content (AvgIpc) is 2.74. The fourth-order valence-electron chi connectivity index (χ4n) is 2.16. The summed E-state index contributed by atoms with van der Waals surface area (Å²) in [6, 6.07) is 0. The number of rotatable bonds is 7. The molecule has 2 N–H and O–H groups in total. The number of hydrogen-bond acceptors (Lipinski definition) is 3. The minimum absolute atomic E-state index is 0.0386. The topological polar surface area (TPSA) is 60.9 Å². The molecule has 1 aromatic heterocycles. The van der Waals surface area contributed by atoms with E-state index in [1.807, 2.05) is 32.4 Å². The van der Waals surface area contributed by atoms with Gasteiger partial charge < -0.3 is 5.73 Å². The molecule has 1 rings (SSSR count). The van der Waals surface area contributed by atoms with E-state index in [-0.39, 0.29) is 12.2 Å². The molecule has 0 unspecified atom stereocenters. The number of halogens is 1. The van der Waals surface area contributed by atoms with Gasteiger partial charge in [0.2, 0.25) is 0 Å². The molecule has 0 atom stereocenters. The molecule has 0 radical (unpaired) electrons. The van der Waals surface area contributed by atoms with Crippen molar-refractivity contribution in [2.45, 2.75) is 65.5 Å². The van der Waals surface area contributed by atoms with Crippen molar-refractivity contribution >= 4 is 17.4 Å². The highest BCUT2D eigenvalue weighted by Crippen LogP contribution is 2.24. The Balaban J connectivity index is 3.05. The second-order valence-electron chi connectivity index (χ2n) is 4.84. The lowest BCUT2D eigenvalue weighted by Gasteiger charge is -2.25. The molecule has 1 aromatic rings. The van der Waals surface area contributed by atoms with Gasteiger partial charge in [0.05, 0.1) is 28.4 Å². The van der Waals surface area contributed by atoms with Gasteiger partial charge in [-0.2, -0.15) is 5.10 Å². The van der Waals surface area contributed by atoms with Crippen molar-refractivity contribution in [1.29, 1.82) is 0 Å². The lowest BCUT2D eigenvalue weighted by Crippen LogP contribution is -2.47. The minimum atomic E-state index is -0.751. The molecule has 1 heterocycles. The molecule has 0 fully saturated rings. The van der Waals surface area contributed by atoms with E-state index in [9.17, 15) is 4.79 Å². The molecule has 0 amide bonds. The van der Waals surface area contributed by atoms with Crippen LogP contribution in [0.25, 0.3) is 0 Å². The van der Waals surface area contributed by atoms with Crippen LogP contribution in [-0.4, -0.2) is 21.1 Å². The number of ketones is 1. The van der Waals surface area contributed by atoms with Crippen molar-refractivity contribution < 1.29 is 4.79 Å². The van der Waals surface area contributed by atoms with Crippen LogP contribution in [0.1, 0.15) is 51.9 Å². The Labute approximate surface area is 120 Å². The van der Waals surface area contributed by atoms with Crippen LogP contribution >= 0.6 is 11.6 Å². The first-order valence-electron chi connectivity index (χ1n) is 6.99. The van der Waals surface area contributed by atoms with E-state index in [0.29, 0.717) is 24.4 Å². The van der Waals surface area contributed by atoms with E-state index >= 15 is 0 Å². The predicted octanol–water partition coefficient (Wildman–Crippen LogP) is 2.75. The zero-order valence-corrected chi connectivity index (χ0v) is 13.0. The molecule has 0 spiro atoms. The van der Waals surface area contributed by atoms with E-state index in [0.717, 1.165) is 17.8 Å². The number of carbonyl (C=O) groups is 1. The van der Waals surface area contributed by atoms with Crippen molar-refractivity contribution in [3.8, 4) is 0 Å². The monoisotopic (exact) mass is 285 g/mol. The standard InChI is InChI=1S/C14H24ClN3O/c1-5-10-13(15)11(18(8-4)17-10)9-12(19)14(16,6-2)7-3/h5-9,16H2,1-4H3. The maximum Gasteiger partial charge on any atom is 0.158 e. The molecule has 0 saturated heterocycles. The van der Waals surface area contributed by atoms with E-state index in [2.05, 4.69) is 5.10 Å². The molecule has 5 heteroatoms. The Bertz CT molecular complexity index is 450. The summed E-state index contributed by atoms with van der Waals surface area (Å²) in [4.78, 5) is 12.4. The number of nitrogens with two attached hydrogens (primary N) is 1. The van der Waals surface area contributed by atoms with Crippen LogP contribution in [0.4, 0.5) is 0 Å². The third-order valence-electron chi connectivity index (χ3n) is 3.84. The van der Waals surface area contributed by atoms with Gasteiger partial charge in [0.1, 0.15) is 0 Å². The van der Waals surface area contributed by atoms with Crippen molar-refractivity contribution in [1.82, 2.24) is 9.78 Å².